The first kappa shape index (κ1) is 15.4. The fourth-order valence-corrected chi connectivity index (χ4v) is 2.84. The number of nitrogens with zero attached hydrogens (tertiary/aromatic N) is 1. The molecule has 0 bridgehead atoms. The molecule has 1 saturated heterocycles. The number of carbonyl (C=O) groups excluding carboxylic acids is 1. The van der Waals surface area contributed by atoms with Crippen molar-refractivity contribution < 1.29 is 9.72 Å². The molecular weight excluding hydrogens is 270 g/mol. The van der Waals surface area contributed by atoms with Crippen LogP contribution in [0.25, 0.3) is 0 Å². The molecule has 1 aliphatic rings. The van der Waals surface area contributed by atoms with Crippen molar-refractivity contribution in [1.29, 1.82) is 0 Å². The number of anilines is 1. The number of hydrogen-bond donors (Lipinski definition) is 2. The number of benzene rings is 1. The first-order valence-electron chi connectivity index (χ1n) is 7.26. The minimum absolute atomic E-state index is 0.0279. The number of hydrogen-bond acceptors (Lipinski definition) is 4. The molecule has 6 heteroatoms. The van der Waals surface area contributed by atoms with Gasteiger partial charge in [-0.2, -0.15) is 0 Å². The van der Waals surface area contributed by atoms with E-state index < -0.39 is 10.3 Å². The maximum atomic E-state index is 12.6. The van der Waals surface area contributed by atoms with Gasteiger partial charge in [-0.25, -0.2) is 0 Å². The average Bonchev–Trinajstić information content (AvgIpc) is 2.49. The van der Waals surface area contributed by atoms with Crippen molar-refractivity contribution in [3.8, 4) is 0 Å². The molecule has 1 aromatic carbocycles. The Balaban J connectivity index is 2.23. The maximum Gasteiger partial charge on any atom is 0.274 e. The Hall–Kier alpha value is -1.95. The molecule has 6 nitrogen and oxygen atoms in total. The molecule has 0 aliphatic carbocycles. The van der Waals surface area contributed by atoms with Gasteiger partial charge in [0, 0.05) is 12.6 Å². The number of rotatable bonds is 4. The highest BCUT2D eigenvalue weighted by Gasteiger charge is 2.38. The summed E-state index contributed by atoms with van der Waals surface area (Å²) in [6.45, 7) is 5.26. The topological polar surface area (TPSA) is 84.3 Å². The molecule has 1 amide bonds. The third-order valence-corrected chi connectivity index (χ3v) is 4.38. The molecule has 2 N–H and O–H groups in total. The zero-order valence-corrected chi connectivity index (χ0v) is 12.4. The van der Waals surface area contributed by atoms with Gasteiger partial charge >= 0.3 is 0 Å². The van der Waals surface area contributed by atoms with Gasteiger partial charge in [0.05, 0.1) is 21.6 Å². The molecule has 0 saturated carbocycles. The zero-order chi connectivity index (χ0) is 15.5. The molecule has 0 spiro atoms. The highest BCUT2D eigenvalue weighted by molar-refractivity contribution is 5.96. The summed E-state index contributed by atoms with van der Waals surface area (Å²) >= 11 is 0. The zero-order valence-electron chi connectivity index (χ0n) is 12.4. The van der Waals surface area contributed by atoms with E-state index in [0.29, 0.717) is 17.8 Å². The Morgan fingerprint density at radius 2 is 2.29 bits per heavy atom. The standard InChI is InChI=1S/C15H21N3O3/c1-3-15(8-5-9-16-10-15)14(19)17-12-6-4-7-13(11(12)2)18(20)21/h4,6-7,16H,3,5,8-10H2,1-2H3,(H,17,19). The van der Waals surface area contributed by atoms with Crippen LogP contribution in [0.4, 0.5) is 11.4 Å². The Labute approximate surface area is 124 Å². The molecule has 1 atom stereocenters. The lowest BCUT2D eigenvalue weighted by molar-refractivity contribution is -0.385. The van der Waals surface area contributed by atoms with Crippen molar-refractivity contribution in [2.24, 2.45) is 5.41 Å². The summed E-state index contributed by atoms with van der Waals surface area (Å²) in [5.74, 6) is -0.0548. The van der Waals surface area contributed by atoms with Crippen molar-refractivity contribution in [2.45, 2.75) is 33.1 Å². The third-order valence-electron chi connectivity index (χ3n) is 4.38. The third kappa shape index (κ3) is 3.05. The van der Waals surface area contributed by atoms with E-state index in [1.807, 2.05) is 6.92 Å². The van der Waals surface area contributed by atoms with Crippen LogP contribution in [0.5, 0.6) is 0 Å². The SMILES string of the molecule is CCC1(C(=O)Nc2cccc([N+](=O)[O-])c2C)CCCNC1. The molecule has 0 aromatic heterocycles. The predicted molar refractivity (Wildman–Crippen MR) is 81.3 cm³/mol. The van der Waals surface area contributed by atoms with Crippen LogP contribution in [0.1, 0.15) is 31.7 Å². The number of piperidine rings is 1. The summed E-state index contributed by atoms with van der Waals surface area (Å²) in [4.78, 5) is 23.2. The Morgan fingerprint density at radius 1 is 1.52 bits per heavy atom. The molecule has 1 aliphatic heterocycles. The van der Waals surface area contributed by atoms with Gasteiger partial charge in [0.2, 0.25) is 5.91 Å². The molecule has 1 fully saturated rings. The molecule has 114 valence electrons. The minimum Gasteiger partial charge on any atom is -0.325 e. The van der Waals surface area contributed by atoms with Crippen molar-refractivity contribution in [1.82, 2.24) is 5.32 Å². The quantitative estimate of drug-likeness (QED) is 0.659. The summed E-state index contributed by atoms with van der Waals surface area (Å²) in [6, 6.07) is 4.75. The lowest BCUT2D eigenvalue weighted by Gasteiger charge is -2.35. The van der Waals surface area contributed by atoms with Gasteiger partial charge in [-0.15, -0.1) is 0 Å². The Bertz CT molecular complexity index is 551. The first-order chi connectivity index (χ1) is 10.00. The smallest absolute Gasteiger partial charge is 0.274 e. The number of nitro groups is 1. The predicted octanol–water partition coefficient (Wildman–Crippen LogP) is 2.62. The van der Waals surface area contributed by atoms with E-state index in [-0.39, 0.29) is 11.6 Å². The second-order valence-corrected chi connectivity index (χ2v) is 5.58. The summed E-state index contributed by atoms with van der Waals surface area (Å²) < 4.78 is 0. The monoisotopic (exact) mass is 291 g/mol. The van der Waals surface area contributed by atoms with E-state index in [1.165, 1.54) is 6.07 Å². The van der Waals surface area contributed by atoms with E-state index in [2.05, 4.69) is 10.6 Å². The summed E-state index contributed by atoms with van der Waals surface area (Å²) in [5, 5.41) is 17.1. The van der Waals surface area contributed by atoms with E-state index in [9.17, 15) is 14.9 Å². The molecule has 21 heavy (non-hydrogen) atoms. The number of nitrogens with one attached hydrogen (secondary N) is 2. The summed E-state index contributed by atoms with van der Waals surface area (Å²) in [6.07, 6.45) is 2.56. The molecule has 1 heterocycles. The van der Waals surface area contributed by atoms with E-state index >= 15 is 0 Å². The van der Waals surface area contributed by atoms with Gasteiger partial charge in [-0.1, -0.05) is 13.0 Å². The van der Waals surface area contributed by atoms with Crippen molar-refractivity contribution in [2.75, 3.05) is 18.4 Å². The largest absolute Gasteiger partial charge is 0.325 e. The summed E-state index contributed by atoms with van der Waals surface area (Å²) in [7, 11) is 0. The van der Waals surface area contributed by atoms with Crippen LogP contribution in [0.2, 0.25) is 0 Å². The average molecular weight is 291 g/mol. The van der Waals surface area contributed by atoms with Crippen molar-refractivity contribution in [3.05, 3.63) is 33.9 Å². The Kier molecular flexibility index (Phi) is 4.57. The van der Waals surface area contributed by atoms with Crippen LogP contribution in [-0.2, 0) is 4.79 Å². The normalized spacial score (nSPS) is 21.8. The minimum atomic E-state index is -0.428. The van der Waals surface area contributed by atoms with Crippen LogP contribution in [0.3, 0.4) is 0 Å². The number of amides is 1. The highest BCUT2D eigenvalue weighted by Crippen LogP contribution is 2.33. The van der Waals surface area contributed by atoms with Crippen LogP contribution < -0.4 is 10.6 Å². The lowest BCUT2D eigenvalue weighted by Crippen LogP contribution is -2.47. The second-order valence-electron chi connectivity index (χ2n) is 5.58. The second kappa shape index (κ2) is 6.22. The van der Waals surface area contributed by atoms with E-state index in [0.717, 1.165) is 25.8 Å². The molecule has 2 rings (SSSR count). The first-order valence-corrected chi connectivity index (χ1v) is 7.26. The fraction of sp³-hybridized carbons (Fsp3) is 0.533. The van der Waals surface area contributed by atoms with Gasteiger partial charge in [0.25, 0.3) is 5.69 Å². The Morgan fingerprint density at radius 3 is 2.86 bits per heavy atom. The van der Waals surface area contributed by atoms with Gasteiger partial charge in [0.1, 0.15) is 0 Å². The van der Waals surface area contributed by atoms with Crippen LogP contribution in [0.15, 0.2) is 18.2 Å². The van der Waals surface area contributed by atoms with Crippen LogP contribution in [-0.4, -0.2) is 23.9 Å². The van der Waals surface area contributed by atoms with Crippen LogP contribution >= 0.6 is 0 Å². The van der Waals surface area contributed by atoms with Crippen molar-refractivity contribution in [3.63, 3.8) is 0 Å². The van der Waals surface area contributed by atoms with Gasteiger partial charge in [-0.3, -0.25) is 14.9 Å². The number of carbonyl (C=O) groups is 1. The summed E-state index contributed by atoms with van der Waals surface area (Å²) in [5.41, 5.74) is 0.619. The number of nitro benzene ring substituents is 1. The molecule has 0 radical (unpaired) electrons. The fourth-order valence-electron chi connectivity index (χ4n) is 2.84. The molecular formula is C15H21N3O3. The van der Waals surface area contributed by atoms with Crippen LogP contribution in [0, 0.1) is 22.5 Å². The molecule has 1 unspecified atom stereocenters. The molecule has 1 aromatic rings. The van der Waals surface area contributed by atoms with Gasteiger partial charge < -0.3 is 10.6 Å². The van der Waals surface area contributed by atoms with Gasteiger partial charge in [-0.05, 0) is 38.8 Å². The highest BCUT2D eigenvalue weighted by atomic mass is 16.6. The van der Waals surface area contributed by atoms with Crippen molar-refractivity contribution >= 4 is 17.3 Å². The van der Waals surface area contributed by atoms with E-state index in [4.69, 9.17) is 0 Å². The van der Waals surface area contributed by atoms with Gasteiger partial charge in [0.15, 0.2) is 0 Å². The lowest BCUT2D eigenvalue weighted by atomic mass is 9.77. The maximum absolute atomic E-state index is 12.6. The van der Waals surface area contributed by atoms with E-state index in [1.54, 1.807) is 19.1 Å².